The lowest BCUT2D eigenvalue weighted by Crippen LogP contribution is -2.38. The van der Waals surface area contributed by atoms with Gasteiger partial charge in [-0.3, -0.25) is 4.79 Å². The van der Waals surface area contributed by atoms with E-state index in [-0.39, 0.29) is 12.1 Å². The van der Waals surface area contributed by atoms with Gasteiger partial charge >= 0.3 is 5.97 Å². The van der Waals surface area contributed by atoms with Crippen molar-refractivity contribution >= 4 is 39.0 Å². The molecule has 5 nitrogen and oxygen atoms in total. The van der Waals surface area contributed by atoms with Crippen LogP contribution < -0.4 is 15.4 Å². The molecular formula is C28H24N2O3S. The quantitative estimate of drug-likeness (QED) is 0.282. The van der Waals surface area contributed by atoms with Crippen LogP contribution in [0.25, 0.3) is 10.8 Å². The van der Waals surface area contributed by atoms with Gasteiger partial charge in [0.05, 0.1) is 11.1 Å². The topological polar surface area (TPSA) is 67.4 Å². The summed E-state index contributed by atoms with van der Waals surface area (Å²) in [5.41, 5.74) is 3.48. The predicted octanol–water partition coefficient (Wildman–Crippen LogP) is 6.10. The minimum absolute atomic E-state index is 0.0164. The number of benzene rings is 3. The van der Waals surface area contributed by atoms with E-state index in [1.807, 2.05) is 48.5 Å². The summed E-state index contributed by atoms with van der Waals surface area (Å²) in [4.78, 5) is 27.1. The highest BCUT2D eigenvalue weighted by Gasteiger charge is 2.33. The number of hydrogen-bond donors (Lipinski definition) is 2. The molecule has 1 aliphatic heterocycles. The molecule has 0 spiro atoms. The van der Waals surface area contributed by atoms with Crippen LogP contribution in [0, 0.1) is 5.92 Å². The van der Waals surface area contributed by atoms with Crippen molar-refractivity contribution in [3.8, 4) is 5.75 Å². The van der Waals surface area contributed by atoms with Crippen LogP contribution in [-0.4, -0.2) is 11.9 Å². The standard InChI is InChI=1S/C28H24N2O3S/c1-16-9-14-22-23(15-16)34-27-24(22)26(31)29-25(30-27)18-10-12-19(13-11-18)33-28(32)21-8-4-6-17-5-2-3-7-20(17)21/h2-8,10-13,16,25,30H,9,14-15H2,1H3,(H,29,31)/t16-,25-/m0/s1. The number of fused-ring (bicyclic) bond motifs is 4. The first kappa shape index (κ1) is 20.9. The number of carbonyl (C=O) groups excluding carboxylic acids is 2. The van der Waals surface area contributed by atoms with Crippen molar-refractivity contribution in [2.24, 2.45) is 5.92 Å². The number of thiophene rings is 1. The first-order valence-corrected chi connectivity index (χ1v) is 12.4. The van der Waals surface area contributed by atoms with Crippen LogP contribution >= 0.6 is 11.3 Å². The Kier molecular flexibility index (Phi) is 5.11. The molecule has 1 aliphatic carbocycles. The van der Waals surface area contributed by atoms with Gasteiger partial charge in [0.2, 0.25) is 0 Å². The van der Waals surface area contributed by atoms with Gasteiger partial charge in [0.1, 0.15) is 16.9 Å². The normalized spacial score (nSPS) is 19.0. The Morgan fingerprint density at radius 2 is 1.79 bits per heavy atom. The van der Waals surface area contributed by atoms with Crippen molar-refractivity contribution in [3.63, 3.8) is 0 Å². The molecule has 0 fully saturated rings. The summed E-state index contributed by atoms with van der Waals surface area (Å²) in [7, 11) is 0. The second-order valence-corrected chi connectivity index (χ2v) is 10.2. The molecule has 4 aromatic rings. The minimum Gasteiger partial charge on any atom is -0.423 e. The second-order valence-electron chi connectivity index (χ2n) is 9.09. The summed E-state index contributed by atoms with van der Waals surface area (Å²) in [5.74, 6) is 0.717. The summed E-state index contributed by atoms with van der Waals surface area (Å²) >= 11 is 1.71. The Morgan fingerprint density at radius 3 is 2.65 bits per heavy atom. The van der Waals surface area contributed by atoms with Crippen molar-refractivity contribution in [2.45, 2.75) is 32.4 Å². The van der Waals surface area contributed by atoms with E-state index in [4.69, 9.17) is 4.74 Å². The monoisotopic (exact) mass is 468 g/mol. The van der Waals surface area contributed by atoms with Crippen LogP contribution in [0.4, 0.5) is 5.00 Å². The first-order valence-electron chi connectivity index (χ1n) is 11.6. The summed E-state index contributed by atoms with van der Waals surface area (Å²) in [6, 6.07) is 20.7. The third-order valence-electron chi connectivity index (χ3n) is 6.72. The van der Waals surface area contributed by atoms with Gasteiger partial charge < -0.3 is 15.4 Å². The molecule has 2 atom stereocenters. The van der Waals surface area contributed by atoms with Crippen molar-refractivity contribution in [2.75, 3.05) is 5.32 Å². The number of carbonyl (C=O) groups is 2. The van der Waals surface area contributed by atoms with E-state index in [1.54, 1.807) is 29.5 Å². The Labute approximate surface area is 201 Å². The molecule has 2 aliphatic rings. The van der Waals surface area contributed by atoms with E-state index in [9.17, 15) is 9.59 Å². The maximum atomic E-state index is 12.9. The van der Waals surface area contributed by atoms with Crippen molar-refractivity contribution in [1.82, 2.24) is 5.32 Å². The first-order chi connectivity index (χ1) is 16.6. The molecule has 0 radical (unpaired) electrons. The fraction of sp³-hybridized carbons (Fsp3) is 0.214. The van der Waals surface area contributed by atoms with E-state index >= 15 is 0 Å². The minimum atomic E-state index is -0.392. The van der Waals surface area contributed by atoms with Crippen molar-refractivity contribution < 1.29 is 14.3 Å². The zero-order valence-electron chi connectivity index (χ0n) is 18.8. The zero-order valence-corrected chi connectivity index (χ0v) is 19.6. The van der Waals surface area contributed by atoms with Gasteiger partial charge in [0.15, 0.2) is 0 Å². The molecule has 170 valence electrons. The van der Waals surface area contributed by atoms with E-state index in [0.29, 0.717) is 17.2 Å². The maximum absolute atomic E-state index is 12.9. The number of rotatable bonds is 3. The van der Waals surface area contributed by atoms with Crippen LogP contribution in [0.3, 0.4) is 0 Å². The summed E-state index contributed by atoms with van der Waals surface area (Å²) in [6.45, 7) is 2.27. The Hall–Kier alpha value is -3.64. The van der Waals surface area contributed by atoms with E-state index in [1.165, 1.54) is 10.4 Å². The highest BCUT2D eigenvalue weighted by molar-refractivity contribution is 7.16. The van der Waals surface area contributed by atoms with Gasteiger partial charge in [-0.15, -0.1) is 11.3 Å². The highest BCUT2D eigenvalue weighted by Crippen LogP contribution is 2.42. The van der Waals surface area contributed by atoms with Gasteiger partial charge in [-0.1, -0.05) is 55.5 Å². The molecule has 0 unspecified atom stereocenters. The van der Waals surface area contributed by atoms with E-state index in [2.05, 4.69) is 17.6 Å². The zero-order chi connectivity index (χ0) is 23.2. The molecular weight excluding hydrogens is 444 g/mol. The van der Waals surface area contributed by atoms with Crippen LogP contribution in [0.2, 0.25) is 0 Å². The summed E-state index contributed by atoms with van der Waals surface area (Å²) < 4.78 is 5.65. The number of esters is 1. The molecule has 0 saturated heterocycles. The highest BCUT2D eigenvalue weighted by atomic mass is 32.1. The van der Waals surface area contributed by atoms with E-state index < -0.39 is 5.97 Å². The molecule has 2 heterocycles. The van der Waals surface area contributed by atoms with Gasteiger partial charge in [-0.25, -0.2) is 4.79 Å². The average Bonchev–Trinajstić information content (AvgIpc) is 3.22. The van der Waals surface area contributed by atoms with Gasteiger partial charge in [0.25, 0.3) is 5.91 Å². The second kappa shape index (κ2) is 8.29. The number of hydrogen-bond acceptors (Lipinski definition) is 5. The fourth-order valence-electron chi connectivity index (χ4n) is 4.92. The third-order valence-corrected chi connectivity index (χ3v) is 7.91. The summed E-state index contributed by atoms with van der Waals surface area (Å²) in [6.07, 6.45) is 2.83. The third kappa shape index (κ3) is 3.64. The Morgan fingerprint density at radius 1 is 1.00 bits per heavy atom. The molecule has 6 rings (SSSR count). The Balaban J connectivity index is 1.20. The molecule has 1 amide bonds. The predicted molar refractivity (Wildman–Crippen MR) is 135 cm³/mol. The largest absolute Gasteiger partial charge is 0.423 e. The lowest BCUT2D eigenvalue weighted by molar-refractivity contribution is 0.0736. The number of ether oxygens (including phenoxy) is 1. The molecule has 34 heavy (non-hydrogen) atoms. The lowest BCUT2D eigenvalue weighted by Gasteiger charge is -2.27. The van der Waals surface area contributed by atoms with Gasteiger partial charge in [0, 0.05) is 4.88 Å². The summed E-state index contributed by atoms with van der Waals surface area (Å²) in [5, 5.41) is 9.41. The molecule has 2 N–H and O–H groups in total. The number of amides is 1. The maximum Gasteiger partial charge on any atom is 0.344 e. The van der Waals surface area contributed by atoms with Crippen molar-refractivity contribution in [1.29, 1.82) is 0 Å². The molecule has 1 aromatic heterocycles. The van der Waals surface area contributed by atoms with Gasteiger partial charge in [-0.2, -0.15) is 0 Å². The smallest absolute Gasteiger partial charge is 0.344 e. The van der Waals surface area contributed by atoms with Gasteiger partial charge in [-0.05, 0) is 65.3 Å². The Bertz CT molecular complexity index is 1420. The SMILES string of the molecule is C[C@H]1CCc2c(sc3c2C(=O)N[C@H](c2ccc(OC(=O)c4cccc5ccccc45)cc2)N3)C1. The van der Waals surface area contributed by atoms with Crippen LogP contribution in [0.1, 0.15) is 56.2 Å². The fourth-order valence-corrected chi connectivity index (χ4v) is 6.36. The van der Waals surface area contributed by atoms with E-state index in [0.717, 1.165) is 46.2 Å². The number of anilines is 1. The van der Waals surface area contributed by atoms with Crippen molar-refractivity contribution in [3.05, 3.63) is 93.9 Å². The molecule has 0 saturated carbocycles. The van der Waals surface area contributed by atoms with Crippen LogP contribution in [0.15, 0.2) is 66.7 Å². The molecule has 6 heteroatoms. The lowest BCUT2D eigenvalue weighted by atomic mass is 9.88. The average molecular weight is 469 g/mol. The molecule has 3 aromatic carbocycles. The number of nitrogens with one attached hydrogen (secondary N) is 2. The van der Waals surface area contributed by atoms with Crippen LogP contribution in [-0.2, 0) is 12.8 Å². The van der Waals surface area contributed by atoms with Crippen LogP contribution in [0.5, 0.6) is 5.75 Å². The molecule has 0 bridgehead atoms.